The van der Waals surface area contributed by atoms with Gasteiger partial charge in [-0.25, -0.2) is 0 Å². The Morgan fingerprint density at radius 3 is 2.50 bits per heavy atom. The van der Waals surface area contributed by atoms with E-state index in [1.807, 2.05) is 24.3 Å². The number of nitrogens with one attached hydrogen (secondary N) is 2. The van der Waals surface area contributed by atoms with Crippen molar-refractivity contribution < 1.29 is 9.72 Å². The molecular weight excluding hydrogens is 374 g/mol. The first-order valence-corrected chi connectivity index (χ1v) is 7.36. The SMILES string of the molecule is O=C(CNc1ccc(Br)cc1)Nc1ccc([N+](=O)[O-])cc1Cl. The Hall–Kier alpha value is -2.12. The van der Waals surface area contributed by atoms with Gasteiger partial charge in [0.2, 0.25) is 5.91 Å². The minimum absolute atomic E-state index is 0.0505. The van der Waals surface area contributed by atoms with Crippen LogP contribution in [0.2, 0.25) is 5.02 Å². The Bertz CT molecular complexity index is 707. The highest BCUT2D eigenvalue weighted by atomic mass is 79.9. The Morgan fingerprint density at radius 2 is 1.91 bits per heavy atom. The topological polar surface area (TPSA) is 84.3 Å². The van der Waals surface area contributed by atoms with Gasteiger partial charge >= 0.3 is 0 Å². The fourth-order valence-electron chi connectivity index (χ4n) is 1.66. The molecule has 0 fully saturated rings. The molecule has 2 rings (SSSR count). The summed E-state index contributed by atoms with van der Waals surface area (Å²) in [6, 6.07) is 11.2. The summed E-state index contributed by atoms with van der Waals surface area (Å²) in [5.74, 6) is -0.307. The van der Waals surface area contributed by atoms with Crippen LogP contribution < -0.4 is 10.6 Å². The zero-order valence-corrected chi connectivity index (χ0v) is 13.5. The molecule has 0 radical (unpaired) electrons. The van der Waals surface area contributed by atoms with Crippen molar-refractivity contribution >= 4 is 50.5 Å². The van der Waals surface area contributed by atoms with E-state index >= 15 is 0 Å². The van der Waals surface area contributed by atoms with E-state index in [1.54, 1.807) is 0 Å². The summed E-state index contributed by atoms with van der Waals surface area (Å²) in [6.07, 6.45) is 0. The summed E-state index contributed by atoms with van der Waals surface area (Å²) in [5.41, 5.74) is 0.999. The molecule has 22 heavy (non-hydrogen) atoms. The fourth-order valence-corrected chi connectivity index (χ4v) is 2.15. The van der Waals surface area contributed by atoms with Crippen molar-refractivity contribution in [2.75, 3.05) is 17.2 Å². The van der Waals surface area contributed by atoms with Gasteiger partial charge in [-0.2, -0.15) is 0 Å². The number of nitrogens with zero attached hydrogens (tertiary/aromatic N) is 1. The van der Waals surface area contributed by atoms with E-state index in [0.717, 1.165) is 10.2 Å². The summed E-state index contributed by atoms with van der Waals surface area (Å²) >= 11 is 9.23. The smallest absolute Gasteiger partial charge is 0.271 e. The third kappa shape index (κ3) is 4.44. The molecule has 2 N–H and O–H groups in total. The molecule has 1 amide bonds. The highest BCUT2D eigenvalue weighted by Crippen LogP contribution is 2.26. The van der Waals surface area contributed by atoms with Crippen LogP contribution in [-0.2, 0) is 4.79 Å². The van der Waals surface area contributed by atoms with Crippen LogP contribution in [-0.4, -0.2) is 17.4 Å². The second kappa shape index (κ2) is 7.24. The van der Waals surface area contributed by atoms with Gasteiger partial charge in [0, 0.05) is 22.3 Å². The number of non-ortho nitro benzene ring substituents is 1. The van der Waals surface area contributed by atoms with Crippen molar-refractivity contribution in [3.05, 3.63) is 62.1 Å². The molecule has 0 unspecified atom stereocenters. The zero-order chi connectivity index (χ0) is 16.1. The molecule has 0 heterocycles. The first kappa shape index (κ1) is 16.3. The summed E-state index contributed by atoms with van der Waals surface area (Å²) in [4.78, 5) is 21.9. The third-order valence-corrected chi connectivity index (χ3v) is 3.58. The fraction of sp³-hybridized carbons (Fsp3) is 0.0714. The number of hydrogen-bond acceptors (Lipinski definition) is 4. The predicted octanol–water partition coefficient (Wildman–Crippen LogP) is 4.06. The summed E-state index contributed by atoms with van der Waals surface area (Å²) in [7, 11) is 0. The van der Waals surface area contributed by atoms with E-state index in [2.05, 4.69) is 26.6 Å². The average molecular weight is 385 g/mol. The van der Waals surface area contributed by atoms with E-state index in [1.165, 1.54) is 18.2 Å². The van der Waals surface area contributed by atoms with Gasteiger partial charge in [-0.3, -0.25) is 14.9 Å². The Morgan fingerprint density at radius 1 is 1.23 bits per heavy atom. The summed E-state index contributed by atoms with van der Waals surface area (Å²) < 4.78 is 0.945. The normalized spacial score (nSPS) is 10.1. The van der Waals surface area contributed by atoms with Crippen LogP contribution in [0.15, 0.2) is 46.9 Å². The number of carbonyl (C=O) groups is 1. The van der Waals surface area contributed by atoms with Gasteiger partial charge in [0.25, 0.3) is 5.69 Å². The van der Waals surface area contributed by atoms with Crippen LogP contribution in [0.1, 0.15) is 0 Å². The lowest BCUT2D eigenvalue weighted by atomic mass is 10.2. The molecule has 2 aromatic carbocycles. The van der Waals surface area contributed by atoms with Gasteiger partial charge in [-0.05, 0) is 30.3 Å². The molecule has 8 heteroatoms. The number of nitro groups is 1. The third-order valence-electron chi connectivity index (χ3n) is 2.73. The zero-order valence-electron chi connectivity index (χ0n) is 11.2. The predicted molar refractivity (Wildman–Crippen MR) is 89.4 cm³/mol. The number of carbonyl (C=O) groups excluding carboxylic acids is 1. The first-order chi connectivity index (χ1) is 10.5. The molecule has 0 atom stereocenters. The van der Waals surface area contributed by atoms with Crippen LogP contribution in [0.3, 0.4) is 0 Å². The van der Waals surface area contributed by atoms with E-state index in [9.17, 15) is 14.9 Å². The van der Waals surface area contributed by atoms with Crippen molar-refractivity contribution in [2.45, 2.75) is 0 Å². The Balaban J connectivity index is 1.94. The molecule has 0 spiro atoms. The van der Waals surface area contributed by atoms with Crippen LogP contribution in [0, 0.1) is 10.1 Å². The van der Waals surface area contributed by atoms with Crippen LogP contribution in [0.5, 0.6) is 0 Å². The van der Waals surface area contributed by atoms with Crippen LogP contribution in [0.25, 0.3) is 0 Å². The number of anilines is 2. The summed E-state index contributed by atoms with van der Waals surface area (Å²) in [6.45, 7) is 0.0505. The maximum absolute atomic E-state index is 11.8. The number of halogens is 2. The first-order valence-electron chi connectivity index (χ1n) is 6.19. The molecule has 0 aliphatic carbocycles. The van der Waals surface area contributed by atoms with E-state index in [4.69, 9.17) is 11.6 Å². The van der Waals surface area contributed by atoms with Crippen LogP contribution >= 0.6 is 27.5 Å². The van der Waals surface area contributed by atoms with Gasteiger partial charge in [0.05, 0.1) is 22.2 Å². The second-order valence-electron chi connectivity index (χ2n) is 4.33. The number of rotatable bonds is 5. The number of benzene rings is 2. The van der Waals surface area contributed by atoms with E-state index in [-0.39, 0.29) is 23.2 Å². The number of amides is 1. The van der Waals surface area contributed by atoms with Gasteiger partial charge in [-0.15, -0.1) is 0 Å². The average Bonchev–Trinajstić information content (AvgIpc) is 2.48. The maximum Gasteiger partial charge on any atom is 0.271 e. The number of hydrogen-bond donors (Lipinski definition) is 2. The maximum atomic E-state index is 11.8. The minimum atomic E-state index is -0.549. The summed E-state index contributed by atoms with van der Waals surface area (Å²) in [5, 5.41) is 16.3. The highest BCUT2D eigenvalue weighted by molar-refractivity contribution is 9.10. The van der Waals surface area contributed by atoms with Gasteiger partial charge < -0.3 is 10.6 Å². The molecule has 2 aromatic rings. The lowest BCUT2D eigenvalue weighted by molar-refractivity contribution is -0.384. The number of nitro benzene ring substituents is 1. The Kier molecular flexibility index (Phi) is 5.35. The van der Waals surface area contributed by atoms with Crippen LogP contribution in [0.4, 0.5) is 17.1 Å². The lowest BCUT2D eigenvalue weighted by Gasteiger charge is -2.09. The molecule has 0 aliphatic heterocycles. The molecule has 0 aliphatic rings. The van der Waals surface area contributed by atoms with Crippen molar-refractivity contribution in [3.63, 3.8) is 0 Å². The lowest BCUT2D eigenvalue weighted by Crippen LogP contribution is -2.21. The molecule has 6 nitrogen and oxygen atoms in total. The minimum Gasteiger partial charge on any atom is -0.376 e. The standard InChI is InChI=1S/C14H11BrClN3O3/c15-9-1-3-10(4-2-9)17-8-14(20)18-13-6-5-11(19(21)22)7-12(13)16/h1-7,17H,8H2,(H,18,20). The monoisotopic (exact) mass is 383 g/mol. The van der Waals surface area contributed by atoms with E-state index in [0.29, 0.717) is 5.69 Å². The van der Waals surface area contributed by atoms with Crippen molar-refractivity contribution in [2.24, 2.45) is 0 Å². The van der Waals surface area contributed by atoms with Gasteiger partial charge in [-0.1, -0.05) is 27.5 Å². The molecule has 0 saturated carbocycles. The molecule has 114 valence electrons. The van der Waals surface area contributed by atoms with Gasteiger partial charge in [0.15, 0.2) is 0 Å². The molecule has 0 bridgehead atoms. The highest BCUT2D eigenvalue weighted by Gasteiger charge is 2.11. The Labute approximate surface area is 139 Å². The molecule has 0 aromatic heterocycles. The van der Waals surface area contributed by atoms with Crippen molar-refractivity contribution in [1.82, 2.24) is 0 Å². The second-order valence-corrected chi connectivity index (χ2v) is 5.65. The van der Waals surface area contributed by atoms with E-state index < -0.39 is 4.92 Å². The van der Waals surface area contributed by atoms with Gasteiger partial charge in [0.1, 0.15) is 0 Å². The molecule has 0 saturated heterocycles. The largest absolute Gasteiger partial charge is 0.376 e. The quantitative estimate of drug-likeness (QED) is 0.601. The molecular formula is C14H11BrClN3O3. The van der Waals surface area contributed by atoms with Crippen molar-refractivity contribution in [3.8, 4) is 0 Å². The van der Waals surface area contributed by atoms with Crippen molar-refractivity contribution in [1.29, 1.82) is 0 Å².